The molecule has 0 aliphatic carbocycles. The van der Waals surface area contributed by atoms with Gasteiger partial charge in [0.2, 0.25) is 6.79 Å². The van der Waals surface area contributed by atoms with Gasteiger partial charge in [0.1, 0.15) is 11.5 Å². The fraction of sp³-hybridized carbons (Fsp3) is 0.421. The molecule has 1 aromatic heterocycles. The minimum Gasteiger partial charge on any atom is -0.454 e. The number of ether oxygens (including phenoxy) is 2. The Hall–Kier alpha value is -2.83. The third-order valence-electron chi connectivity index (χ3n) is 4.06. The van der Waals surface area contributed by atoms with Crippen LogP contribution in [0.3, 0.4) is 0 Å². The largest absolute Gasteiger partial charge is 0.454 e. The van der Waals surface area contributed by atoms with Crippen LogP contribution in [0.1, 0.15) is 42.7 Å². The Kier molecular flexibility index (Phi) is 5.88. The average Bonchev–Trinajstić information content (AvgIpc) is 3.14. The number of benzene rings is 1. The summed E-state index contributed by atoms with van der Waals surface area (Å²) in [5.74, 6) is 2.07. The summed E-state index contributed by atoms with van der Waals surface area (Å²) >= 11 is 0. The molecule has 0 bridgehead atoms. The van der Waals surface area contributed by atoms with E-state index in [-0.39, 0.29) is 12.7 Å². The second-order valence-corrected chi connectivity index (χ2v) is 6.12. The van der Waals surface area contributed by atoms with Crippen LogP contribution < -0.4 is 14.8 Å². The first-order valence-corrected chi connectivity index (χ1v) is 8.95. The van der Waals surface area contributed by atoms with E-state index in [2.05, 4.69) is 29.1 Å². The molecule has 0 saturated heterocycles. The predicted molar refractivity (Wildman–Crippen MR) is 98.4 cm³/mol. The number of fused-ring (bicyclic) bond motifs is 1. The number of anilines is 1. The summed E-state index contributed by atoms with van der Waals surface area (Å²) in [7, 11) is 0. The molecular weight excluding hydrogens is 332 g/mol. The van der Waals surface area contributed by atoms with E-state index >= 15 is 0 Å². The first-order chi connectivity index (χ1) is 12.7. The first-order valence-electron chi connectivity index (χ1n) is 8.95. The lowest BCUT2D eigenvalue weighted by Crippen LogP contribution is -2.33. The minimum atomic E-state index is -0.0662. The molecular formula is C19H24N4O3. The maximum Gasteiger partial charge on any atom is 0.274 e. The summed E-state index contributed by atoms with van der Waals surface area (Å²) < 4.78 is 10.7. The summed E-state index contributed by atoms with van der Waals surface area (Å²) in [6.07, 6.45) is 4.97. The number of nitrogens with one attached hydrogen (secondary N) is 1. The van der Waals surface area contributed by atoms with Crippen molar-refractivity contribution >= 4 is 11.7 Å². The van der Waals surface area contributed by atoms with Gasteiger partial charge in [-0.3, -0.25) is 4.79 Å². The van der Waals surface area contributed by atoms with Crippen LogP contribution in [0.15, 0.2) is 30.6 Å². The van der Waals surface area contributed by atoms with E-state index in [0.717, 1.165) is 43.0 Å². The third-order valence-corrected chi connectivity index (χ3v) is 4.06. The predicted octanol–water partition coefficient (Wildman–Crippen LogP) is 3.08. The van der Waals surface area contributed by atoms with Crippen LogP contribution >= 0.6 is 0 Å². The van der Waals surface area contributed by atoms with Gasteiger partial charge >= 0.3 is 0 Å². The highest BCUT2D eigenvalue weighted by Crippen LogP contribution is 2.32. The molecule has 1 aromatic carbocycles. The maximum atomic E-state index is 12.5. The zero-order valence-electron chi connectivity index (χ0n) is 15.2. The van der Waals surface area contributed by atoms with Crippen molar-refractivity contribution in [2.24, 2.45) is 0 Å². The van der Waals surface area contributed by atoms with Crippen LogP contribution in [0.4, 0.5) is 5.82 Å². The lowest BCUT2D eigenvalue weighted by Gasteiger charge is -2.20. The van der Waals surface area contributed by atoms with Crippen molar-refractivity contribution < 1.29 is 14.3 Å². The van der Waals surface area contributed by atoms with Crippen LogP contribution in [0, 0.1) is 0 Å². The standard InChI is InChI=1S/C19H24N4O3/c1-3-7-23(8-4-2)19(24)15-11-22-18(12-20-15)21-10-14-5-6-16-17(9-14)26-13-25-16/h5-6,9,11-12H,3-4,7-8,10,13H2,1-2H3,(H,21,22). The van der Waals surface area contributed by atoms with Gasteiger partial charge in [-0.15, -0.1) is 0 Å². The van der Waals surface area contributed by atoms with Gasteiger partial charge in [-0.05, 0) is 30.5 Å². The molecule has 0 radical (unpaired) electrons. The van der Waals surface area contributed by atoms with Crippen molar-refractivity contribution in [1.82, 2.24) is 14.9 Å². The van der Waals surface area contributed by atoms with Crippen LogP contribution in [-0.4, -0.2) is 40.7 Å². The molecule has 1 aliphatic rings. The zero-order chi connectivity index (χ0) is 18.4. The Morgan fingerprint density at radius 2 is 1.88 bits per heavy atom. The molecule has 0 unspecified atom stereocenters. The van der Waals surface area contributed by atoms with Gasteiger partial charge in [-0.25, -0.2) is 9.97 Å². The van der Waals surface area contributed by atoms with E-state index in [4.69, 9.17) is 9.47 Å². The third kappa shape index (κ3) is 4.22. The van der Waals surface area contributed by atoms with E-state index in [1.165, 1.54) is 6.20 Å². The Morgan fingerprint density at radius 1 is 1.12 bits per heavy atom. The van der Waals surface area contributed by atoms with Gasteiger partial charge in [0.25, 0.3) is 5.91 Å². The summed E-state index contributed by atoms with van der Waals surface area (Å²) in [5.41, 5.74) is 1.42. The SMILES string of the molecule is CCCN(CCC)C(=O)c1cnc(NCc2ccc3c(c2)OCO3)cn1. The number of carbonyl (C=O) groups is 1. The number of hydrogen-bond acceptors (Lipinski definition) is 6. The normalized spacial score (nSPS) is 12.1. The molecule has 1 aliphatic heterocycles. The summed E-state index contributed by atoms with van der Waals surface area (Å²) in [5, 5.41) is 3.20. The molecule has 2 aromatic rings. The highest BCUT2D eigenvalue weighted by molar-refractivity contribution is 5.92. The van der Waals surface area contributed by atoms with Crippen molar-refractivity contribution in [3.63, 3.8) is 0 Å². The van der Waals surface area contributed by atoms with E-state index in [9.17, 15) is 4.79 Å². The number of rotatable bonds is 8. The molecule has 26 heavy (non-hydrogen) atoms. The van der Waals surface area contributed by atoms with Crippen LogP contribution in [0.5, 0.6) is 11.5 Å². The molecule has 7 nitrogen and oxygen atoms in total. The lowest BCUT2D eigenvalue weighted by atomic mass is 10.2. The number of carbonyl (C=O) groups excluding carboxylic acids is 1. The quantitative estimate of drug-likeness (QED) is 0.783. The Morgan fingerprint density at radius 3 is 2.58 bits per heavy atom. The van der Waals surface area contributed by atoms with Crippen LogP contribution in [0.25, 0.3) is 0 Å². The number of nitrogens with zero attached hydrogens (tertiary/aromatic N) is 3. The van der Waals surface area contributed by atoms with Crippen molar-refractivity contribution in [2.75, 3.05) is 25.2 Å². The molecule has 0 atom stereocenters. The Labute approximate surface area is 153 Å². The summed E-state index contributed by atoms with van der Waals surface area (Å²) in [4.78, 5) is 22.9. The van der Waals surface area contributed by atoms with Crippen molar-refractivity contribution in [2.45, 2.75) is 33.2 Å². The fourth-order valence-corrected chi connectivity index (χ4v) is 2.79. The molecule has 0 spiro atoms. The maximum absolute atomic E-state index is 12.5. The van der Waals surface area contributed by atoms with Gasteiger partial charge in [-0.1, -0.05) is 19.9 Å². The van der Waals surface area contributed by atoms with Gasteiger partial charge < -0.3 is 19.7 Å². The highest BCUT2D eigenvalue weighted by atomic mass is 16.7. The molecule has 1 amide bonds. The second-order valence-electron chi connectivity index (χ2n) is 6.12. The lowest BCUT2D eigenvalue weighted by molar-refractivity contribution is 0.0749. The van der Waals surface area contributed by atoms with E-state index in [1.54, 1.807) is 6.20 Å². The smallest absolute Gasteiger partial charge is 0.274 e. The van der Waals surface area contributed by atoms with Crippen molar-refractivity contribution in [3.05, 3.63) is 41.9 Å². The van der Waals surface area contributed by atoms with E-state index in [1.807, 2.05) is 23.1 Å². The van der Waals surface area contributed by atoms with Gasteiger partial charge in [0.05, 0.1) is 12.4 Å². The highest BCUT2D eigenvalue weighted by Gasteiger charge is 2.16. The fourth-order valence-electron chi connectivity index (χ4n) is 2.79. The molecule has 0 fully saturated rings. The second kappa shape index (κ2) is 8.51. The molecule has 2 heterocycles. The molecule has 7 heteroatoms. The van der Waals surface area contributed by atoms with Gasteiger partial charge in [-0.2, -0.15) is 0 Å². The molecule has 0 saturated carbocycles. The van der Waals surface area contributed by atoms with Gasteiger partial charge in [0.15, 0.2) is 11.5 Å². The molecule has 3 rings (SSSR count). The monoisotopic (exact) mass is 356 g/mol. The van der Waals surface area contributed by atoms with Gasteiger partial charge in [0, 0.05) is 19.6 Å². The number of aromatic nitrogens is 2. The average molecular weight is 356 g/mol. The van der Waals surface area contributed by atoms with E-state index < -0.39 is 0 Å². The topological polar surface area (TPSA) is 76.6 Å². The van der Waals surface area contributed by atoms with Crippen LogP contribution in [-0.2, 0) is 6.54 Å². The van der Waals surface area contributed by atoms with Crippen molar-refractivity contribution in [3.8, 4) is 11.5 Å². The number of amides is 1. The summed E-state index contributed by atoms with van der Waals surface area (Å²) in [6.45, 7) is 6.43. The van der Waals surface area contributed by atoms with E-state index in [0.29, 0.717) is 18.1 Å². The zero-order valence-corrected chi connectivity index (χ0v) is 15.2. The van der Waals surface area contributed by atoms with Crippen molar-refractivity contribution in [1.29, 1.82) is 0 Å². The Bertz CT molecular complexity index is 743. The molecule has 1 N–H and O–H groups in total. The minimum absolute atomic E-state index is 0.0662. The molecule has 138 valence electrons. The van der Waals surface area contributed by atoms with Crippen LogP contribution in [0.2, 0.25) is 0 Å². The Balaban J connectivity index is 1.59. The first kappa shape index (κ1) is 18.0. The summed E-state index contributed by atoms with van der Waals surface area (Å²) in [6, 6.07) is 5.80. The number of hydrogen-bond donors (Lipinski definition) is 1.